The number of nitrogens with zero attached hydrogens (tertiary/aromatic N) is 5. The van der Waals surface area contributed by atoms with Crippen molar-refractivity contribution in [2.45, 2.75) is 44.7 Å². The van der Waals surface area contributed by atoms with E-state index < -0.39 is 45.4 Å². The number of rotatable bonds is 12. The van der Waals surface area contributed by atoms with Gasteiger partial charge in [-0.25, -0.2) is 17.8 Å². The first-order valence-corrected chi connectivity index (χ1v) is 14.8. The number of allylic oxidation sites excluding steroid dienone is 1. The number of anilines is 1. The highest BCUT2D eigenvalue weighted by Gasteiger charge is 2.42. The zero-order valence-corrected chi connectivity index (χ0v) is 24.7. The van der Waals surface area contributed by atoms with Gasteiger partial charge in [-0.15, -0.1) is 5.10 Å². The smallest absolute Gasteiger partial charge is 0.250 e. The molecule has 2 heterocycles. The molecule has 0 spiro atoms. The fourth-order valence-corrected chi connectivity index (χ4v) is 5.51. The summed E-state index contributed by atoms with van der Waals surface area (Å²) in [7, 11) is 1.28. The van der Waals surface area contributed by atoms with E-state index in [1.165, 1.54) is 17.9 Å². The Hall–Kier alpha value is -3.42. The van der Waals surface area contributed by atoms with Crippen LogP contribution >= 0.6 is 0 Å². The molecule has 226 valence electrons. The largest absolute Gasteiger partial charge is 0.390 e. The molecule has 0 amide bonds. The van der Waals surface area contributed by atoms with E-state index in [0.29, 0.717) is 11.3 Å². The summed E-state index contributed by atoms with van der Waals surface area (Å²) >= 11 is 0. The average molecular weight is 601 g/mol. The molecule has 0 aliphatic carbocycles. The molecular weight excluding hydrogens is 564 g/mol. The van der Waals surface area contributed by atoms with Gasteiger partial charge >= 0.3 is 0 Å². The molecular formula is C28H36N6O7S. The van der Waals surface area contributed by atoms with Gasteiger partial charge in [0.1, 0.15) is 24.0 Å². The Bertz CT molecular complexity index is 1550. The zero-order valence-electron chi connectivity index (χ0n) is 23.9. The van der Waals surface area contributed by atoms with Crippen molar-refractivity contribution in [1.29, 1.82) is 5.26 Å². The Morgan fingerprint density at radius 3 is 2.67 bits per heavy atom. The Kier molecular flexibility index (Phi) is 10.3. The molecule has 0 radical (unpaired) electrons. The standard InChI is InChI=1S/C28H36N6O7S/c1-18-26(35)25(41-28(39-4)27(18)36)16-34-15-22(31-32-34)17-40-10-9-30-42(37,38)24(14-29)12-19-5-6-21-13-23(33(2)3)8-7-20(21)11-19/h5-8,11-13,15,18,25-28,30,35-36H,9-10,16-17H2,1-4H3/b24-12+/t18-,25+,26-,27+,28-/m0/s1. The van der Waals surface area contributed by atoms with Crippen LogP contribution in [0.5, 0.6) is 0 Å². The lowest BCUT2D eigenvalue weighted by Gasteiger charge is -2.40. The lowest BCUT2D eigenvalue weighted by Crippen LogP contribution is -2.54. The second-order valence-electron chi connectivity index (χ2n) is 10.3. The average Bonchev–Trinajstić information content (AvgIpc) is 3.42. The Labute approximate surface area is 245 Å². The number of hydrogen-bond donors (Lipinski definition) is 3. The van der Waals surface area contributed by atoms with E-state index in [1.807, 2.05) is 49.3 Å². The summed E-state index contributed by atoms with van der Waals surface area (Å²) in [5.74, 6) is -0.454. The first-order chi connectivity index (χ1) is 20.0. The van der Waals surface area contributed by atoms with Crippen LogP contribution in [0.25, 0.3) is 16.8 Å². The second-order valence-corrected chi connectivity index (χ2v) is 12.0. The van der Waals surface area contributed by atoms with Crippen LogP contribution in [0.3, 0.4) is 0 Å². The number of benzene rings is 2. The molecule has 2 aromatic carbocycles. The van der Waals surface area contributed by atoms with Crippen molar-refractivity contribution in [3.05, 3.63) is 58.8 Å². The first-order valence-electron chi connectivity index (χ1n) is 13.4. The number of aliphatic hydroxyl groups excluding tert-OH is 2. The van der Waals surface area contributed by atoms with Gasteiger partial charge < -0.3 is 29.3 Å². The SMILES string of the molecule is CO[C@H]1O[C@H](Cn2cc(COCCNS(=O)(=O)/C(C#N)=C/c3ccc4cc(N(C)C)ccc4c3)nn2)[C@@H](O)[C@H](C)[C@H]1O. The number of fused-ring (bicyclic) bond motifs is 1. The summed E-state index contributed by atoms with van der Waals surface area (Å²) in [5, 5.41) is 40.1. The summed E-state index contributed by atoms with van der Waals surface area (Å²) in [6, 6.07) is 13.2. The Morgan fingerprint density at radius 1 is 1.21 bits per heavy atom. The molecule has 14 heteroatoms. The summed E-state index contributed by atoms with van der Waals surface area (Å²) in [5.41, 5.74) is 2.13. The maximum atomic E-state index is 12.7. The maximum absolute atomic E-state index is 12.7. The Balaban J connectivity index is 1.27. The lowest BCUT2D eigenvalue weighted by molar-refractivity contribution is -0.277. The molecule has 5 atom stereocenters. The highest BCUT2D eigenvalue weighted by Crippen LogP contribution is 2.27. The number of hydrogen-bond acceptors (Lipinski definition) is 11. The number of ether oxygens (including phenoxy) is 3. The van der Waals surface area contributed by atoms with Crippen LogP contribution in [-0.4, -0.2) is 92.6 Å². The number of aliphatic hydroxyl groups is 2. The van der Waals surface area contributed by atoms with E-state index in [-0.39, 0.29) is 26.3 Å². The molecule has 1 aromatic heterocycles. The minimum absolute atomic E-state index is 0.0321. The summed E-state index contributed by atoms with van der Waals surface area (Å²) in [4.78, 5) is 1.59. The van der Waals surface area contributed by atoms with E-state index >= 15 is 0 Å². The minimum atomic E-state index is -4.05. The second kappa shape index (κ2) is 13.7. The third-order valence-corrected chi connectivity index (χ3v) is 8.45. The maximum Gasteiger partial charge on any atom is 0.250 e. The van der Waals surface area contributed by atoms with Crippen LogP contribution in [0, 0.1) is 17.2 Å². The molecule has 13 nitrogen and oxygen atoms in total. The van der Waals surface area contributed by atoms with E-state index in [9.17, 15) is 23.9 Å². The monoisotopic (exact) mass is 600 g/mol. The van der Waals surface area contributed by atoms with Crippen molar-refractivity contribution in [3.63, 3.8) is 0 Å². The first kappa shape index (κ1) is 31.5. The van der Waals surface area contributed by atoms with Gasteiger partial charge in [-0.3, -0.25) is 0 Å². The van der Waals surface area contributed by atoms with Crippen molar-refractivity contribution < 1.29 is 32.8 Å². The number of methoxy groups -OCH3 is 1. The van der Waals surface area contributed by atoms with Crippen LogP contribution < -0.4 is 9.62 Å². The number of aromatic nitrogens is 3. The molecule has 3 N–H and O–H groups in total. The van der Waals surface area contributed by atoms with Crippen molar-refractivity contribution in [1.82, 2.24) is 19.7 Å². The van der Waals surface area contributed by atoms with Gasteiger partial charge in [0.25, 0.3) is 10.0 Å². The van der Waals surface area contributed by atoms with Gasteiger partial charge in [0.2, 0.25) is 0 Å². The van der Waals surface area contributed by atoms with Gasteiger partial charge in [0.15, 0.2) is 11.2 Å². The molecule has 0 saturated carbocycles. The van der Waals surface area contributed by atoms with Crippen LogP contribution in [0.2, 0.25) is 0 Å². The van der Waals surface area contributed by atoms with E-state index in [0.717, 1.165) is 16.5 Å². The van der Waals surface area contributed by atoms with Crippen LogP contribution in [-0.2, 0) is 37.4 Å². The van der Waals surface area contributed by atoms with Crippen LogP contribution in [0.4, 0.5) is 5.69 Å². The minimum Gasteiger partial charge on any atom is -0.390 e. The molecule has 42 heavy (non-hydrogen) atoms. The number of sulfonamides is 1. The number of nitrogens with one attached hydrogen (secondary N) is 1. The highest BCUT2D eigenvalue weighted by molar-refractivity contribution is 7.93. The topological polar surface area (TPSA) is 172 Å². The zero-order chi connectivity index (χ0) is 30.4. The van der Waals surface area contributed by atoms with Crippen LogP contribution in [0.1, 0.15) is 18.2 Å². The summed E-state index contributed by atoms with van der Waals surface area (Å²) < 4.78 is 45.7. The third kappa shape index (κ3) is 7.50. The lowest BCUT2D eigenvalue weighted by atomic mass is 9.90. The van der Waals surface area contributed by atoms with Gasteiger partial charge in [-0.05, 0) is 40.6 Å². The molecule has 0 unspecified atom stereocenters. The molecule has 3 aromatic rings. The third-order valence-electron chi connectivity index (χ3n) is 7.08. The fourth-order valence-electron chi connectivity index (χ4n) is 4.59. The van der Waals surface area contributed by atoms with Crippen molar-refractivity contribution >= 4 is 32.6 Å². The normalized spacial score (nSPS) is 23.2. The highest BCUT2D eigenvalue weighted by atomic mass is 32.2. The van der Waals surface area contributed by atoms with Gasteiger partial charge in [0.05, 0.1) is 32.1 Å². The van der Waals surface area contributed by atoms with Crippen LogP contribution in [0.15, 0.2) is 47.5 Å². The molecule has 1 aliphatic rings. The van der Waals surface area contributed by atoms with E-state index in [1.54, 1.807) is 25.3 Å². The molecule has 1 aliphatic heterocycles. The van der Waals surface area contributed by atoms with E-state index in [2.05, 4.69) is 15.0 Å². The van der Waals surface area contributed by atoms with Gasteiger partial charge in [0, 0.05) is 39.4 Å². The molecule has 1 fully saturated rings. The quantitative estimate of drug-likeness (QED) is 0.202. The summed E-state index contributed by atoms with van der Waals surface area (Å²) in [6.07, 6.45) is -0.430. The van der Waals surface area contributed by atoms with Crippen molar-refractivity contribution in [2.24, 2.45) is 5.92 Å². The van der Waals surface area contributed by atoms with Gasteiger partial charge in [-0.2, -0.15) is 5.26 Å². The molecule has 4 rings (SSSR count). The predicted octanol–water partition coefficient (Wildman–Crippen LogP) is 1.23. The van der Waals surface area contributed by atoms with E-state index in [4.69, 9.17) is 14.2 Å². The molecule has 1 saturated heterocycles. The fraction of sp³-hybridized carbons (Fsp3) is 0.464. The number of nitriles is 1. The van der Waals surface area contributed by atoms with Crippen molar-refractivity contribution in [2.75, 3.05) is 39.3 Å². The summed E-state index contributed by atoms with van der Waals surface area (Å²) in [6.45, 7) is 1.94. The van der Waals surface area contributed by atoms with Crippen molar-refractivity contribution in [3.8, 4) is 6.07 Å². The molecule has 0 bridgehead atoms. The van der Waals surface area contributed by atoms with Gasteiger partial charge in [-0.1, -0.05) is 30.3 Å². The predicted molar refractivity (Wildman–Crippen MR) is 155 cm³/mol. The Morgan fingerprint density at radius 2 is 1.95 bits per heavy atom.